The number of nitrogens with zero attached hydrogens (tertiary/aromatic N) is 4. The fourth-order valence-electron chi connectivity index (χ4n) is 3.56. The molecule has 29 heavy (non-hydrogen) atoms. The molecule has 1 fully saturated rings. The zero-order valence-electron chi connectivity index (χ0n) is 15.6. The zero-order chi connectivity index (χ0) is 20.4. The number of hydrogen-bond donors (Lipinski definition) is 4. The number of nitrogens with two attached hydrogens (primary N) is 1. The molecule has 10 nitrogen and oxygen atoms in total. The van der Waals surface area contributed by atoms with Crippen LogP contribution in [0.4, 0.5) is 5.69 Å². The van der Waals surface area contributed by atoms with E-state index in [0.717, 1.165) is 19.3 Å². The van der Waals surface area contributed by atoms with Crippen molar-refractivity contribution < 1.29 is 18.6 Å². The Balaban J connectivity index is 1.52. The second-order valence-electron chi connectivity index (χ2n) is 6.87. The summed E-state index contributed by atoms with van der Waals surface area (Å²) in [6.07, 6.45) is 5.72. The molecule has 2 aromatic rings. The normalized spacial score (nSPS) is 21.4. The maximum Gasteiger partial charge on any atom is 0.255 e. The summed E-state index contributed by atoms with van der Waals surface area (Å²) in [7, 11) is -3.35. The molecule has 11 heteroatoms. The Kier molecular flexibility index (Phi) is 5.26. The number of nitrogens with one attached hydrogen (secondary N) is 1. The van der Waals surface area contributed by atoms with Gasteiger partial charge in [-0.05, 0) is 48.4 Å². The predicted molar refractivity (Wildman–Crippen MR) is 110 cm³/mol. The number of benzene rings is 1. The van der Waals surface area contributed by atoms with Crippen LogP contribution in [0.2, 0.25) is 0 Å². The first kappa shape index (κ1) is 19.4. The highest BCUT2D eigenvalue weighted by Gasteiger charge is 2.30. The summed E-state index contributed by atoms with van der Waals surface area (Å²) in [6, 6.07) is 6.68. The van der Waals surface area contributed by atoms with Crippen molar-refractivity contribution in [2.24, 2.45) is 10.1 Å². The molecule has 5 N–H and O–H groups in total. The Bertz CT molecular complexity index is 939. The number of ether oxygens (including phenoxy) is 1. The molecular formula is C18H22N6O4S. The van der Waals surface area contributed by atoms with Crippen molar-refractivity contribution >= 4 is 28.4 Å². The Morgan fingerprint density at radius 3 is 2.97 bits per heavy atom. The van der Waals surface area contributed by atoms with Crippen molar-refractivity contribution in [1.82, 2.24) is 15.1 Å². The molecule has 3 heterocycles. The second-order valence-corrected chi connectivity index (χ2v) is 8.29. The third kappa shape index (κ3) is 4.11. The largest absolute Gasteiger partial charge is 0.491 e. The lowest BCUT2D eigenvalue weighted by Gasteiger charge is -2.36. The molecule has 0 aliphatic carbocycles. The molecule has 1 aromatic heterocycles. The van der Waals surface area contributed by atoms with E-state index in [1.807, 2.05) is 4.90 Å². The van der Waals surface area contributed by atoms with E-state index in [2.05, 4.69) is 19.3 Å². The molecule has 0 spiro atoms. The van der Waals surface area contributed by atoms with Gasteiger partial charge in [-0.1, -0.05) is 6.07 Å². The lowest BCUT2D eigenvalue weighted by Crippen LogP contribution is -2.46. The second kappa shape index (κ2) is 7.85. The summed E-state index contributed by atoms with van der Waals surface area (Å²) < 4.78 is 31.9. The summed E-state index contributed by atoms with van der Waals surface area (Å²) >= 11 is 0. The Morgan fingerprint density at radius 1 is 1.31 bits per heavy atom. The minimum absolute atomic E-state index is 0.00575. The summed E-state index contributed by atoms with van der Waals surface area (Å²) in [5.74, 6) is 0.364. The van der Waals surface area contributed by atoms with Crippen molar-refractivity contribution in [2.45, 2.75) is 25.3 Å². The van der Waals surface area contributed by atoms with E-state index in [1.165, 1.54) is 12.4 Å². The van der Waals surface area contributed by atoms with Gasteiger partial charge in [-0.25, -0.2) is 0 Å². The van der Waals surface area contributed by atoms with Crippen LogP contribution in [0.15, 0.2) is 41.1 Å². The first-order valence-corrected chi connectivity index (χ1v) is 10.7. The third-order valence-corrected chi connectivity index (χ3v) is 5.85. The van der Waals surface area contributed by atoms with Gasteiger partial charge in [0.05, 0.1) is 35.2 Å². The average Bonchev–Trinajstić information content (AvgIpc) is 2.71. The van der Waals surface area contributed by atoms with Crippen LogP contribution in [0.5, 0.6) is 5.75 Å². The molecule has 0 unspecified atom stereocenters. The van der Waals surface area contributed by atoms with Crippen LogP contribution >= 0.6 is 11.0 Å². The number of carbonyl (C=O) groups is 1. The highest BCUT2D eigenvalue weighted by Crippen LogP contribution is 2.46. The minimum Gasteiger partial charge on any atom is -0.491 e. The van der Waals surface area contributed by atoms with E-state index in [9.17, 15) is 13.9 Å². The smallest absolute Gasteiger partial charge is 0.255 e. The van der Waals surface area contributed by atoms with Crippen molar-refractivity contribution in [1.29, 1.82) is 0 Å². The van der Waals surface area contributed by atoms with Crippen molar-refractivity contribution in [3.8, 4) is 5.75 Å². The maximum absolute atomic E-state index is 12.9. The molecule has 2 aliphatic rings. The maximum atomic E-state index is 12.9. The van der Waals surface area contributed by atoms with E-state index >= 15 is 0 Å². The van der Waals surface area contributed by atoms with Gasteiger partial charge in [-0.15, -0.1) is 4.40 Å². The van der Waals surface area contributed by atoms with E-state index in [1.54, 1.807) is 24.3 Å². The van der Waals surface area contributed by atoms with E-state index in [4.69, 9.17) is 10.5 Å². The van der Waals surface area contributed by atoms with Gasteiger partial charge < -0.3 is 15.4 Å². The summed E-state index contributed by atoms with van der Waals surface area (Å²) in [6.45, 7) is 0.929. The summed E-state index contributed by atoms with van der Waals surface area (Å²) in [4.78, 5) is 14.7. The quantitative estimate of drug-likeness (QED) is 0.591. The highest BCUT2D eigenvalue weighted by molar-refractivity contribution is 8.24. The van der Waals surface area contributed by atoms with Crippen molar-refractivity contribution in [3.05, 3.63) is 47.8 Å². The number of carbonyl (C=O) groups excluding carboxylic acids is 1. The molecule has 1 saturated heterocycles. The Morgan fingerprint density at radius 2 is 2.17 bits per heavy atom. The lowest BCUT2D eigenvalue weighted by atomic mass is 10.0. The molecule has 0 radical (unpaired) electrons. The number of anilines is 1. The van der Waals surface area contributed by atoms with Crippen LogP contribution in [0.25, 0.3) is 0 Å². The zero-order valence-corrected chi connectivity index (χ0v) is 16.4. The number of rotatable bonds is 4. The number of amides is 1. The van der Waals surface area contributed by atoms with Crippen molar-refractivity contribution in [2.75, 3.05) is 17.9 Å². The average molecular weight is 418 g/mol. The van der Waals surface area contributed by atoms with Gasteiger partial charge in [0, 0.05) is 6.54 Å². The van der Waals surface area contributed by atoms with Gasteiger partial charge in [0.2, 0.25) is 0 Å². The number of fused-ring (bicyclic) bond motifs is 1. The van der Waals surface area contributed by atoms with Crippen LogP contribution in [0.1, 0.15) is 35.2 Å². The van der Waals surface area contributed by atoms with Crippen LogP contribution in [-0.4, -0.2) is 55.1 Å². The number of amidine groups is 1. The monoisotopic (exact) mass is 418 g/mol. The summed E-state index contributed by atoms with van der Waals surface area (Å²) in [5, 5.41) is 7.50. The van der Waals surface area contributed by atoms with Crippen LogP contribution in [0.3, 0.4) is 0 Å². The summed E-state index contributed by atoms with van der Waals surface area (Å²) in [5.41, 5.74) is 7.35. The first-order chi connectivity index (χ1) is 13.9. The molecule has 1 amide bonds. The number of likely N-dealkylation sites (tertiary alicyclic amines) is 1. The van der Waals surface area contributed by atoms with E-state index in [0.29, 0.717) is 29.1 Å². The lowest BCUT2D eigenvalue weighted by molar-refractivity contribution is 0.0527. The van der Waals surface area contributed by atoms with Gasteiger partial charge in [-0.3, -0.25) is 18.6 Å². The fraction of sp³-hybridized carbons (Fsp3) is 0.333. The molecule has 154 valence electrons. The highest BCUT2D eigenvalue weighted by atomic mass is 32.3. The van der Waals surface area contributed by atoms with Gasteiger partial charge in [0.1, 0.15) is 12.4 Å². The topological polar surface area (TPSA) is 146 Å². The van der Waals surface area contributed by atoms with Crippen LogP contribution < -0.4 is 15.2 Å². The molecule has 4 rings (SSSR count). The predicted octanol–water partition coefficient (Wildman–Crippen LogP) is 2.26. The standard InChI is InChI=1S/C18H22N6O4S/c19-17-16-14(22-29(26,27)23-17)5-3-6-15(16)28-11-13-4-1-2-9-24(13)18(25)12-7-8-20-21-10-12/h3,5-8,10,13,22,26-27H,1-2,4,9,11H2,(H2,19,23)/t13-/m1/s1. The van der Waals surface area contributed by atoms with Gasteiger partial charge in [0.25, 0.3) is 5.91 Å². The molecule has 1 aromatic carbocycles. The Hall–Kier alpha value is -2.89. The van der Waals surface area contributed by atoms with E-state index in [-0.39, 0.29) is 24.4 Å². The number of aromatic nitrogens is 2. The first-order valence-electron chi connectivity index (χ1n) is 9.20. The SMILES string of the molecule is NC1=NS(O)(O)Nc2cccc(OC[C@H]3CCCCN3C(=O)c3ccnnc3)c21. The number of piperidine rings is 1. The number of hydrogen-bond acceptors (Lipinski definition) is 9. The fourth-order valence-corrected chi connectivity index (χ4v) is 4.44. The van der Waals surface area contributed by atoms with Crippen LogP contribution in [-0.2, 0) is 0 Å². The van der Waals surface area contributed by atoms with Gasteiger partial charge >= 0.3 is 0 Å². The Labute approximate surface area is 169 Å². The molecular weight excluding hydrogens is 396 g/mol. The third-order valence-electron chi connectivity index (χ3n) is 4.91. The van der Waals surface area contributed by atoms with E-state index < -0.39 is 11.0 Å². The van der Waals surface area contributed by atoms with Crippen molar-refractivity contribution in [3.63, 3.8) is 0 Å². The minimum atomic E-state index is -3.35. The molecule has 1 atom stereocenters. The van der Waals surface area contributed by atoms with Crippen LogP contribution in [0, 0.1) is 0 Å². The molecule has 0 saturated carbocycles. The molecule has 2 aliphatic heterocycles. The molecule has 0 bridgehead atoms. The van der Waals surface area contributed by atoms with Gasteiger partial charge in [-0.2, -0.15) is 10.2 Å². The van der Waals surface area contributed by atoms with Gasteiger partial charge in [0.15, 0.2) is 5.84 Å².